The molecule has 0 aliphatic heterocycles. The first-order chi connectivity index (χ1) is 13.8. The minimum atomic E-state index is 0.888. The van der Waals surface area contributed by atoms with Crippen molar-refractivity contribution in [2.24, 2.45) is 0 Å². The third kappa shape index (κ3) is 2.06. The van der Waals surface area contributed by atoms with Crippen molar-refractivity contribution in [3.63, 3.8) is 0 Å². The normalized spacial score (nSPS) is 11.7. The number of hydrogen-bond donors (Lipinski definition) is 0. The summed E-state index contributed by atoms with van der Waals surface area (Å²) in [7, 11) is 2.06. The van der Waals surface area contributed by atoms with E-state index < -0.39 is 0 Å². The Morgan fingerprint density at radius 2 is 0.929 bits per heavy atom. The van der Waals surface area contributed by atoms with E-state index >= 15 is 0 Å². The number of anilines is 2. The lowest BCUT2D eigenvalue weighted by Gasteiger charge is -2.20. The average molecular weight is 361 g/mol. The van der Waals surface area contributed by atoms with Gasteiger partial charge in [0.05, 0.1) is 11.4 Å². The standard InChI is InChI=1S/C24H16BNO2/c25-26(19-11-5-9-17-15-7-1-3-13-21(15)27-23(17)19)20-12-6-10-18-16-8-2-4-14-22(16)28-24(18)20/h1-14H,25H2. The number of benzene rings is 4. The second kappa shape index (κ2) is 5.67. The van der Waals surface area contributed by atoms with Crippen LogP contribution in [0.3, 0.4) is 0 Å². The van der Waals surface area contributed by atoms with Gasteiger partial charge >= 0.3 is 0 Å². The van der Waals surface area contributed by atoms with Gasteiger partial charge in [-0.3, -0.25) is 0 Å². The number of para-hydroxylation sites is 4. The highest BCUT2D eigenvalue weighted by molar-refractivity contribution is 6.28. The molecule has 0 radical (unpaired) electrons. The zero-order valence-corrected chi connectivity index (χ0v) is 15.3. The van der Waals surface area contributed by atoms with Crippen LogP contribution in [-0.2, 0) is 0 Å². The molecule has 4 heteroatoms. The first-order valence-electron chi connectivity index (χ1n) is 9.35. The molecule has 0 fully saturated rings. The van der Waals surface area contributed by atoms with Crippen molar-refractivity contribution in [1.82, 2.24) is 0 Å². The molecule has 28 heavy (non-hydrogen) atoms. The Morgan fingerprint density at radius 1 is 0.500 bits per heavy atom. The third-order valence-electron chi connectivity index (χ3n) is 5.49. The predicted octanol–water partition coefficient (Wildman–Crippen LogP) is 6.17. The second-order valence-corrected chi connectivity index (χ2v) is 7.06. The maximum absolute atomic E-state index is 6.22. The maximum atomic E-state index is 6.22. The maximum Gasteiger partial charge on any atom is 0.224 e. The van der Waals surface area contributed by atoms with Crippen molar-refractivity contribution in [1.29, 1.82) is 0 Å². The first-order valence-corrected chi connectivity index (χ1v) is 9.35. The van der Waals surface area contributed by atoms with E-state index in [1.807, 2.05) is 36.4 Å². The fraction of sp³-hybridized carbons (Fsp3) is 0. The smallest absolute Gasteiger partial charge is 0.224 e. The van der Waals surface area contributed by atoms with E-state index in [0.717, 1.165) is 55.3 Å². The van der Waals surface area contributed by atoms with Gasteiger partial charge in [-0.2, -0.15) is 0 Å². The highest BCUT2D eigenvalue weighted by Gasteiger charge is 2.18. The van der Waals surface area contributed by atoms with Crippen LogP contribution in [0.1, 0.15) is 0 Å². The number of nitrogens with zero attached hydrogens (tertiary/aromatic N) is 1. The van der Waals surface area contributed by atoms with Crippen LogP contribution in [0.5, 0.6) is 0 Å². The summed E-state index contributed by atoms with van der Waals surface area (Å²) in [5.41, 5.74) is 5.61. The molecule has 6 rings (SSSR count). The van der Waals surface area contributed by atoms with Gasteiger partial charge in [-0.05, 0) is 24.3 Å². The molecule has 0 spiro atoms. The Labute approximate surface area is 162 Å². The van der Waals surface area contributed by atoms with Gasteiger partial charge in [-0.25, -0.2) is 0 Å². The molecular weight excluding hydrogens is 345 g/mol. The van der Waals surface area contributed by atoms with Crippen molar-refractivity contribution >= 4 is 63.2 Å². The molecular formula is C24H16BNO2. The summed E-state index contributed by atoms with van der Waals surface area (Å²) in [6, 6.07) is 28.9. The van der Waals surface area contributed by atoms with Crippen LogP contribution < -0.4 is 4.81 Å². The van der Waals surface area contributed by atoms with Crippen LogP contribution in [0.2, 0.25) is 0 Å². The van der Waals surface area contributed by atoms with E-state index in [9.17, 15) is 0 Å². The van der Waals surface area contributed by atoms with Crippen molar-refractivity contribution in [2.75, 3.05) is 4.81 Å². The van der Waals surface area contributed by atoms with Crippen LogP contribution in [-0.4, -0.2) is 7.98 Å². The van der Waals surface area contributed by atoms with Crippen molar-refractivity contribution in [3.05, 3.63) is 84.9 Å². The van der Waals surface area contributed by atoms with Crippen molar-refractivity contribution < 1.29 is 8.83 Å². The summed E-state index contributed by atoms with van der Waals surface area (Å²) in [4.78, 5) is 2.15. The van der Waals surface area contributed by atoms with Crippen molar-refractivity contribution in [3.8, 4) is 0 Å². The molecule has 2 aromatic heterocycles. The van der Waals surface area contributed by atoms with Crippen LogP contribution in [0.25, 0.3) is 43.9 Å². The molecule has 0 saturated carbocycles. The molecule has 0 aliphatic carbocycles. The minimum Gasteiger partial charge on any atom is -0.454 e. The predicted molar refractivity (Wildman–Crippen MR) is 118 cm³/mol. The molecule has 6 aromatic rings. The monoisotopic (exact) mass is 361 g/mol. The van der Waals surface area contributed by atoms with E-state index in [-0.39, 0.29) is 0 Å². The Morgan fingerprint density at radius 3 is 1.43 bits per heavy atom. The number of fused-ring (bicyclic) bond motifs is 6. The van der Waals surface area contributed by atoms with Crippen LogP contribution >= 0.6 is 0 Å². The molecule has 0 atom stereocenters. The lowest BCUT2D eigenvalue weighted by molar-refractivity contribution is 0.667. The number of hydrogen-bond acceptors (Lipinski definition) is 3. The summed E-state index contributed by atoms with van der Waals surface area (Å²) >= 11 is 0. The third-order valence-corrected chi connectivity index (χ3v) is 5.49. The van der Waals surface area contributed by atoms with Gasteiger partial charge < -0.3 is 13.6 Å². The summed E-state index contributed by atoms with van der Waals surface area (Å²) < 4.78 is 12.4. The van der Waals surface area contributed by atoms with Crippen LogP contribution in [0.4, 0.5) is 11.4 Å². The Bertz CT molecular complexity index is 1380. The summed E-state index contributed by atoms with van der Waals surface area (Å²) in [6.45, 7) is 0. The first kappa shape index (κ1) is 15.4. The minimum absolute atomic E-state index is 0.888. The van der Waals surface area contributed by atoms with E-state index in [0.29, 0.717) is 0 Å². The lowest BCUT2D eigenvalue weighted by atomic mass is 10.1. The summed E-state index contributed by atoms with van der Waals surface area (Å²) in [5, 5.41) is 4.51. The fourth-order valence-electron chi connectivity index (χ4n) is 4.12. The highest BCUT2D eigenvalue weighted by atomic mass is 16.3. The molecule has 132 valence electrons. The Kier molecular flexibility index (Phi) is 3.12. The largest absolute Gasteiger partial charge is 0.454 e. The molecule has 0 unspecified atom stereocenters. The van der Waals surface area contributed by atoms with Gasteiger partial charge in [0.1, 0.15) is 11.2 Å². The molecule has 4 aromatic carbocycles. The van der Waals surface area contributed by atoms with E-state index in [2.05, 4.69) is 61.3 Å². The van der Waals surface area contributed by atoms with Crippen LogP contribution in [0.15, 0.2) is 93.8 Å². The van der Waals surface area contributed by atoms with Crippen LogP contribution in [0, 0.1) is 0 Å². The van der Waals surface area contributed by atoms with Gasteiger partial charge in [0.25, 0.3) is 0 Å². The number of rotatable bonds is 2. The topological polar surface area (TPSA) is 29.5 Å². The molecule has 0 N–H and O–H groups in total. The fourth-order valence-corrected chi connectivity index (χ4v) is 4.12. The molecule has 3 nitrogen and oxygen atoms in total. The molecule has 2 heterocycles. The zero-order chi connectivity index (χ0) is 18.7. The molecule has 0 amide bonds. The van der Waals surface area contributed by atoms with E-state index in [1.165, 1.54) is 0 Å². The average Bonchev–Trinajstić information content (AvgIpc) is 3.31. The molecule has 0 saturated heterocycles. The lowest BCUT2D eigenvalue weighted by Crippen LogP contribution is -2.12. The second-order valence-electron chi connectivity index (χ2n) is 7.06. The van der Waals surface area contributed by atoms with Gasteiger partial charge in [0.2, 0.25) is 7.98 Å². The zero-order valence-electron chi connectivity index (χ0n) is 15.3. The Balaban J connectivity index is 1.62. The quantitative estimate of drug-likeness (QED) is 0.345. The number of furan rings is 2. The van der Waals surface area contributed by atoms with E-state index in [1.54, 1.807) is 0 Å². The van der Waals surface area contributed by atoms with Gasteiger partial charge in [-0.15, -0.1) is 0 Å². The summed E-state index contributed by atoms with van der Waals surface area (Å²) in [6.07, 6.45) is 0. The molecule has 0 bridgehead atoms. The highest BCUT2D eigenvalue weighted by Crippen LogP contribution is 2.40. The van der Waals surface area contributed by atoms with Gasteiger partial charge in [0.15, 0.2) is 11.2 Å². The molecule has 0 aliphatic rings. The Hall–Kier alpha value is -3.66. The SMILES string of the molecule is BN(c1cccc2c1oc1ccccc12)c1cccc2c1oc1ccccc12. The van der Waals surface area contributed by atoms with Gasteiger partial charge in [-0.1, -0.05) is 60.7 Å². The van der Waals surface area contributed by atoms with Crippen molar-refractivity contribution in [2.45, 2.75) is 0 Å². The van der Waals surface area contributed by atoms with Gasteiger partial charge in [0, 0.05) is 21.5 Å². The summed E-state index contributed by atoms with van der Waals surface area (Å²) in [5.74, 6) is 0. The van der Waals surface area contributed by atoms with E-state index in [4.69, 9.17) is 8.83 Å².